The van der Waals surface area contributed by atoms with Gasteiger partial charge in [0.25, 0.3) is 0 Å². The molecule has 5 nitrogen and oxygen atoms in total. The smallest absolute Gasteiger partial charge is 0.358 e. The average Bonchev–Trinajstić information content (AvgIpc) is 2.47. The van der Waals surface area contributed by atoms with Gasteiger partial charge in [0.15, 0.2) is 5.69 Å². The number of rotatable bonds is 4. The first-order valence-corrected chi connectivity index (χ1v) is 6.27. The van der Waals surface area contributed by atoms with Crippen molar-refractivity contribution in [2.45, 2.75) is 9.92 Å². The van der Waals surface area contributed by atoms with E-state index in [2.05, 4.69) is 14.7 Å². The Bertz CT molecular complexity index is 590. The zero-order chi connectivity index (χ0) is 13.7. The molecule has 0 saturated heterocycles. The maximum Gasteiger partial charge on any atom is 0.358 e. The predicted octanol–water partition coefficient (Wildman–Crippen LogP) is 2.42. The van der Waals surface area contributed by atoms with E-state index < -0.39 is 5.97 Å². The van der Waals surface area contributed by atoms with E-state index in [0.717, 1.165) is 10.6 Å². The van der Waals surface area contributed by atoms with Crippen molar-refractivity contribution in [1.29, 1.82) is 0 Å². The Hall–Kier alpha value is -2.08. The van der Waals surface area contributed by atoms with Crippen molar-refractivity contribution in [2.75, 3.05) is 14.2 Å². The highest BCUT2D eigenvalue weighted by molar-refractivity contribution is 7.99. The van der Waals surface area contributed by atoms with Crippen LogP contribution < -0.4 is 4.74 Å². The van der Waals surface area contributed by atoms with Crippen molar-refractivity contribution in [3.63, 3.8) is 0 Å². The number of nitrogens with zero attached hydrogens (tertiary/aromatic N) is 2. The van der Waals surface area contributed by atoms with Gasteiger partial charge in [-0.25, -0.2) is 9.78 Å². The highest BCUT2D eigenvalue weighted by Gasteiger charge is 2.10. The molecule has 0 aliphatic carbocycles. The van der Waals surface area contributed by atoms with Crippen LogP contribution >= 0.6 is 11.8 Å². The van der Waals surface area contributed by atoms with E-state index >= 15 is 0 Å². The van der Waals surface area contributed by atoms with Crippen LogP contribution in [0.25, 0.3) is 0 Å². The Morgan fingerprint density at radius 2 is 2.00 bits per heavy atom. The van der Waals surface area contributed by atoms with Gasteiger partial charge in [-0.2, -0.15) is 0 Å². The molecule has 0 N–H and O–H groups in total. The van der Waals surface area contributed by atoms with Gasteiger partial charge in [-0.1, -0.05) is 23.9 Å². The molecule has 2 aromatic rings. The first-order valence-electron chi connectivity index (χ1n) is 5.46. The van der Waals surface area contributed by atoms with Crippen LogP contribution in [0, 0.1) is 0 Å². The van der Waals surface area contributed by atoms with E-state index in [0.29, 0.717) is 5.03 Å². The molecule has 0 unspecified atom stereocenters. The number of ether oxygens (including phenoxy) is 2. The second-order valence-corrected chi connectivity index (χ2v) is 4.55. The minimum absolute atomic E-state index is 0.183. The Kier molecular flexibility index (Phi) is 4.35. The fraction of sp³-hybridized carbons (Fsp3) is 0.154. The summed E-state index contributed by atoms with van der Waals surface area (Å²) in [6, 6.07) is 7.57. The summed E-state index contributed by atoms with van der Waals surface area (Å²) >= 11 is 1.37. The zero-order valence-electron chi connectivity index (χ0n) is 10.5. The molecule has 0 aliphatic heterocycles. The topological polar surface area (TPSA) is 61.3 Å². The van der Waals surface area contributed by atoms with Crippen molar-refractivity contribution >= 4 is 17.7 Å². The molecule has 0 aliphatic rings. The molecule has 6 heteroatoms. The third-order valence-corrected chi connectivity index (χ3v) is 3.25. The van der Waals surface area contributed by atoms with Gasteiger partial charge in [0, 0.05) is 0 Å². The highest BCUT2D eigenvalue weighted by atomic mass is 32.2. The Morgan fingerprint density at radius 1 is 1.21 bits per heavy atom. The predicted molar refractivity (Wildman–Crippen MR) is 70.5 cm³/mol. The quantitative estimate of drug-likeness (QED) is 0.799. The molecule has 0 amide bonds. The number of esters is 1. The molecule has 19 heavy (non-hydrogen) atoms. The second kappa shape index (κ2) is 6.19. The van der Waals surface area contributed by atoms with Gasteiger partial charge in [0.1, 0.15) is 10.8 Å². The largest absolute Gasteiger partial charge is 0.496 e. The number of benzene rings is 1. The van der Waals surface area contributed by atoms with E-state index in [9.17, 15) is 4.79 Å². The molecule has 0 bridgehead atoms. The Balaban J connectivity index is 2.26. The lowest BCUT2D eigenvalue weighted by atomic mass is 10.3. The monoisotopic (exact) mass is 276 g/mol. The number of carbonyl (C=O) groups excluding carboxylic acids is 1. The lowest BCUT2D eigenvalue weighted by Crippen LogP contribution is -2.05. The molecule has 2 rings (SSSR count). The molecule has 1 aromatic carbocycles. The number of hydrogen-bond acceptors (Lipinski definition) is 6. The average molecular weight is 276 g/mol. The van der Waals surface area contributed by atoms with Gasteiger partial charge in [0.05, 0.1) is 31.5 Å². The Labute approximate surface area is 115 Å². The van der Waals surface area contributed by atoms with Crippen LogP contribution in [-0.2, 0) is 4.74 Å². The van der Waals surface area contributed by atoms with Gasteiger partial charge in [-0.3, -0.25) is 4.98 Å². The van der Waals surface area contributed by atoms with Crippen LogP contribution in [0.15, 0.2) is 46.6 Å². The summed E-state index contributed by atoms with van der Waals surface area (Å²) in [6.07, 6.45) is 2.96. The minimum Gasteiger partial charge on any atom is -0.496 e. The fourth-order valence-electron chi connectivity index (χ4n) is 1.42. The van der Waals surface area contributed by atoms with Crippen LogP contribution in [0.5, 0.6) is 5.75 Å². The highest BCUT2D eigenvalue weighted by Crippen LogP contribution is 2.33. The van der Waals surface area contributed by atoms with E-state index in [1.807, 2.05) is 24.3 Å². The lowest BCUT2D eigenvalue weighted by Gasteiger charge is -2.07. The Morgan fingerprint density at radius 3 is 2.74 bits per heavy atom. The van der Waals surface area contributed by atoms with Crippen LogP contribution in [0.2, 0.25) is 0 Å². The molecule has 0 saturated carbocycles. The van der Waals surface area contributed by atoms with Crippen molar-refractivity contribution in [1.82, 2.24) is 9.97 Å². The summed E-state index contributed by atoms with van der Waals surface area (Å²) in [5.41, 5.74) is 0.183. The van der Waals surface area contributed by atoms with Crippen LogP contribution in [0.1, 0.15) is 10.5 Å². The van der Waals surface area contributed by atoms with E-state index in [-0.39, 0.29) is 5.69 Å². The van der Waals surface area contributed by atoms with Crippen molar-refractivity contribution < 1.29 is 14.3 Å². The third kappa shape index (κ3) is 3.23. The van der Waals surface area contributed by atoms with Crippen LogP contribution in [0.3, 0.4) is 0 Å². The van der Waals surface area contributed by atoms with Gasteiger partial charge in [-0.15, -0.1) is 0 Å². The number of aromatic nitrogens is 2. The molecule has 98 valence electrons. The summed E-state index contributed by atoms with van der Waals surface area (Å²) < 4.78 is 9.87. The van der Waals surface area contributed by atoms with Crippen molar-refractivity contribution in [3.05, 3.63) is 42.4 Å². The van der Waals surface area contributed by atoms with Gasteiger partial charge >= 0.3 is 5.97 Å². The molecule has 1 aromatic heterocycles. The maximum atomic E-state index is 11.4. The molecular formula is C13H12N2O3S. The second-order valence-electron chi connectivity index (χ2n) is 3.49. The maximum absolute atomic E-state index is 11.4. The van der Waals surface area contributed by atoms with Gasteiger partial charge in [0.2, 0.25) is 0 Å². The first kappa shape index (κ1) is 13.4. The molecular weight excluding hydrogens is 264 g/mol. The number of methoxy groups -OCH3 is 2. The number of carbonyl (C=O) groups is 1. The zero-order valence-corrected chi connectivity index (χ0v) is 11.3. The van der Waals surface area contributed by atoms with Gasteiger partial charge < -0.3 is 9.47 Å². The SMILES string of the molecule is COC(=O)c1cncc(Sc2ccccc2OC)n1. The van der Waals surface area contributed by atoms with Gasteiger partial charge in [-0.05, 0) is 12.1 Å². The lowest BCUT2D eigenvalue weighted by molar-refractivity contribution is 0.0592. The summed E-state index contributed by atoms with van der Waals surface area (Å²) in [7, 11) is 2.92. The molecule has 0 radical (unpaired) electrons. The molecule has 1 heterocycles. The fourth-order valence-corrected chi connectivity index (χ4v) is 2.30. The van der Waals surface area contributed by atoms with Crippen LogP contribution in [-0.4, -0.2) is 30.2 Å². The third-order valence-electron chi connectivity index (χ3n) is 2.29. The van der Waals surface area contributed by atoms with E-state index in [4.69, 9.17) is 4.74 Å². The summed E-state index contributed by atoms with van der Waals surface area (Å²) in [4.78, 5) is 20.5. The molecule has 0 fully saturated rings. The minimum atomic E-state index is -0.505. The standard InChI is InChI=1S/C13H12N2O3S/c1-17-10-5-3-4-6-11(10)19-12-8-14-7-9(15-12)13(16)18-2/h3-8H,1-2H3. The number of hydrogen-bond donors (Lipinski definition) is 0. The van der Waals surface area contributed by atoms with Crippen molar-refractivity contribution in [2.24, 2.45) is 0 Å². The summed E-state index contributed by atoms with van der Waals surface area (Å²) in [6.45, 7) is 0. The number of para-hydroxylation sites is 1. The molecule has 0 spiro atoms. The first-order chi connectivity index (χ1) is 9.24. The summed E-state index contributed by atoms with van der Waals surface area (Å²) in [5.74, 6) is 0.243. The normalized spacial score (nSPS) is 10.0. The van der Waals surface area contributed by atoms with Crippen LogP contribution in [0.4, 0.5) is 0 Å². The van der Waals surface area contributed by atoms with Crippen molar-refractivity contribution in [3.8, 4) is 5.75 Å². The summed E-state index contributed by atoms with van der Waals surface area (Å²) in [5, 5.41) is 0.604. The van der Waals surface area contributed by atoms with E-state index in [1.54, 1.807) is 13.3 Å². The molecule has 0 atom stereocenters. The van der Waals surface area contributed by atoms with E-state index in [1.165, 1.54) is 25.1 Å².